The minimum atomic E-state index is -4.47. The number of fused-ring (bicyclic) bond motifs is 3. The Kier molecular flexibility index (Phi) is 5.16. The Morgan fingerprint density at radius 3 is 2.62 bits per heavy atom. The number of ether oxygens (including phenoxy) is 1. The number of imidazole rings is 1. The number of alkyl halides is 3. The van der Waals surface area contributed by atoms with Crippen LogP contribution in [-0.2, 0) is 10.9 Å². The van der Waals surface area contributed by atoms with Crippen molar-refractivity contribution < 1.29 is 27.1 Å². The SMILES string of the molecule is Cc1ncc2c(N)nc3cc(F)c(C(=O)N4CCOC[C@@H]4c4ccc(C(F)(F)F)cc4)cc3n12. The van der Waals surface area contributed by atoms with Gasteiger partial charge in [-0.25, -0.2) is 14.4 Å². The summed E-state index contributed by atoms with van der Waals surface area (Å²) in [5, 5.41) is 0. The summed E-state index contributed by atoms with van der Waals surface area (Å²) >= 11 is 0. The zero-order chi connectivity index (χ0) is 24.2. The monoisotopic (exact) mass is 473 g/mol. The molecule has 0 bridgehead atoms. The fourth-order valence-corrected chi connectivity index (χ4v) is 4.27. The Bertz CT molecular complexity index is 1420. The van der Waals surface area contributed by atoms with Crippen molar-refractivity contribution >= 4 is 28.3 Å². The summed E-state index contributed by atoms with van der Waals surface area (Å²) in [5.41, 5.74) is 6.71. The summed E-state index contributed by atoms with van der Waals surface area (Å²) in [6, 6.07) is 6.41. The first-order chi connectivity index (χ1) is 16.1. The Hall–Kier alpha value is -3.73. The number of hydrogen-bond acceptors (Lipinski definition) is 5. The van der Waals surface area contributed by atoms with Gasteiger partial charge in [0.15, 0.2) is 0 Å². The van der Waals surface area contributed by atoms with E-state index in [1.54, 1.807) is 17.5 Å². The Balaban J connectivity index is 1.56. The number of nitrogens with zero attached hydrogens (tertiary/aromatic N) is 4. The number of benzene rings is 2. The molecule has 2 N–H and O–H groups in total. The van der Waals surface area contributed by atoms with Crippen molar-refractivity contribution in [3.05, 3.63) is 70.9 Å². The highest BCUT2D eigenvalue weighted by Crippen LogP contribution is 2.33. The molecular formula is C23H19F4N5O2. The number of hydrogen-bond donors (Lipinski definition) is 1. The molecule has 1 aliphatic heterocycles. The van der Waals surface area contributed by atoms with E-state index in [1.165, 1.54) is 23.1 Å². The van der Waals surface area contributed by atoms with Crippen LogP contribution in [0.5, 0.6) is 0 Å². The number of halogens is 4. The number of rotatable bonds is 2. The predicted octanol–water partition coefficient (Wildman–Crippen LogP) is 4.14. The van der Waals surface area contributed by atoms with Gasteiger partial charge in [-0.1, -0.05) is 12.1 Å². The van der Waals surface area contributed by atoms with Crippen LogP contribution in [0.3, 0.4) is 0 Å². The van der Waals surface area contributed by atoms with E-state index < -0.39 is 29.5 Å². The average molecular weight is 473 g/mol. The zero-order valence-corrected chi connectivity index (χ0v) is 17.9. The summed E-state index contributed by atoms with van der Waals surface area (Å²) in [6.07, 6.45) is -2.93. The minimum Gasteiger partial charge on any atom is -0.382 e. The molecule has 34 heavy (non-hydrogen) atoms. The molecule has 1 atom stereocenters. The molecule has 4 aromatic rings. The summed E-state index contributed by atoms with van der Waals surface area (Å²) in [6.45, 7) is 2.21. The van der Waals surface area contributed by atoms with Crippen LogP contribution in [0.25, 0.3) is 16.6 Å². The lowest BCUT2D eigenvalue weighted by molar-refractivity contribution is -0.137. The van der Waals surface area contributed by atoms with Crippen LogP contribution in [-0.4, -0.2) is 44.9 Å². The maximum atomic E-state index is 15.1. The van der Waals surface area contributed by atoms with Crippen molar-refractivity contribution in [3.63, 3.8) is 0 Å². The van der Waals surface area contributed by atoms with Gasteiger partial charge in [-0.2, -0.15) is 13.2 Å². The summed E-state index contributed by atoms with van der Waals surface area (Å²) in [7, 11) is 0. The smallest absolute Gasteiger partial charge is 0.382 e. The second kappa shape index (κ2) is 7.94. The molecular weight excluding hydrogens is 454 g/mol. The highest BCUT2D eigenvalue weighted by molar-refractivity contribution is 5.99. The number of morpholine rings is 1. The molecule has 2 aromatic carbocycles. The first kappa shape index (κ1) is 22.1. The molecule has 3 heterocycles. The molecule has 0 aliphatic carbocycles. The number of nitrogen functional groups attached to an aromatic ring is 1. The summed E-state index contributed by atoms with van der Waals surface area (Å²) in [5.74, 6) is -0.607. The highest BCUT2D eigenvalue weighted by atomic mass is 19.4. The zero-order valence-electron chi connectivity index (χ0n) is 17.9. The summed E-state index contributed by atoms with van der Waals surface area (Å²) in [4.78, 5) is 23.3. The van der Waals surface area contributed by atoms with Gasteiger partial charge in [0, 0.05) is 12.6 Å². The standard InChI is InChI=1S/C23H19F4N5O2/c1-12-29-10-19-21(28)30-17-9-16(24)15(8-18(17)32(12)19)22(33)31-6-7-34-11-20(31)13-2-4-14(5-3-13)23(25,26)27/h2-5,8-10,20H,6-7,11H2,1H3,(H2,28,30)/t20-/m1/s1. The van der Waals surface area contributed by atoms with Gasteiger partial charge in [0.05, 0.1) is 47.6 Å². The average Bonchev–Trinajstić information content (AvgIpc) is 3.20. The van der Waals surface area contributed by atoms with Gasteiger partial charge in [-0.15, -0.1) is 0 Å². The number of carbonyl (C=O) groups excluding carboxylic acids is 1. The number of carbonyl (C=O) groups is 1. The second-order valence-electron chi connectivity index (χ2n) is 8.05. The number of aromatic nitrogens is 3. The Morgan fingerprint density at radius 1 is 1.18 bits per heavy atom. The molecule has 1 saturated heterocycles. The molecule has 5 rings (SSSR count). The lowest BCUT2D eigenvalue weighted by Crippen LogP contribution is -2.43. The Labute approximate surface area is 190 Å². The number of nitrogens with two attached hydrogens (primary N) is 1. The number of aryl methyl sites for hydroxylation is 1. The third kappa shape index (κ3) is 3.61. The van der Waals surface area contributed by atoms with Crippen molar-refractivity contribution in [2.75, 3.05) is 25.5 Å². The largest absolute Gasteiger partial charge is 0.416 e. The molecule has 1 amide bonds. The first-order valence-electron chi connectivity index (χ1n) is 10.4. The van der Waals surface area contributed by atoms with Crippen LogP contribution in [0, 0.1) is 12.7 Å². The van der Waals surface area contributed by atoms with Gasteiger partial charge in [0.1, 0.15) is 23.0 Å². The lowest BCUT2D eigenvalue weighted by Gasteiger charge is -2.36. The lowest BCUT2D eigenvalue weighted by atomic mass is 10.0. The Morgan fingerprint density at radius 2 is 1.91 bits per heavy atom. The van der Waals surface area contributed by atoms with Crippen LogP contribution in [0.4, 0.5) is 23.4 Å². The number of amides is 1. The van der Waals surface area contributed by atoms with Crippen LogP contribution < -0.4 is 5.73 Å². The van der Waals surface area contributed by atoms with E-state index in [1.807, 2.05) is 0 Å². The van der Waals surface area contributed by atoms with E-state index in [0.717, 1.165) is 18.2 Å². The molecule has 0 saturated carbocycles. The van der Waals surface area contributed by atoms with Crippen LogP contribution in [0.15, 0.2) is 42.6 Å². The maximum Gasteiger partial charge on any atom is 0.416 e. The first-order valence-corrected chi connectivity index (χ1v) is 10.4. The van der Waals surface area contributed by atoms with Gasteiger partial charge in [-0.3, -0.25) is 9.20 Å². The van der Waals surface area contributed by atoms with E-state index in [4.69, 9.17) is 10.5 Å². The van der Waals surface area contributed by atoms with Crippen molar-refractivity contribution in [1.82, 2.24) is 19.3 Å². The molecule has 1 aliphatic rings. The molecule has 0 spiro atoms. The van der Waals surface area contributed by atoms with Crippen molar-refractivity contribution in [2.24, 2.45) is 0 Å². The van der Waals surface area contributed by atoms with Crippen molar-refractivity contribution in [2.45, 2.75) is 19.1 Å². The van der Waals surface area contributed by atoms with E-state index in [9.17, 15) is 18.0 Å². The quantitative estimate of drug-likeness (QED) is 0.442. The fourth-order valence-electron chi connectivity index (χ4n) is 4.27. The molecule has 0 unspecified atom stereocenters. The number of anilines is 1. The van der Waals surface area contributed by atoms with E-state index in [2.05, 4.69) is 9.97 Å². The highest BCUT2D eigenvalue weighted by Gasteiger charge is 2.33. The molecule has 1 fully saturated rings. The van der Waals surface area contributed by atoms with Crippen LogP contribution >= 0.6 is 0 Å². The molecule has 11 heteroatoms. The third-order valence-corrected chi connectivity index (χ3v) is 5.99. The van der Waals surface area contributed by atoms with Gasteiger partial charge >= 0.3 is 6.18 Å². The molecule has 7 nitrogen and oxygen atoms in total. The van der Waals surface area contributed by atoms with Crippen LogP contribution in [0.1, 0.15) is 33.4 Å². The van der Waals surface area contributed by atoms with Gasteiger partial charge in [0.2, 0.25) is 0 Å². The van der Waals surface area contributed by atoms with Crippen LogP contribution in [0.2, 0.25) is 0 Å². The minimum absolute atomic E-state index is 0.0786. The van der Waals surface area contributed by atoms with Gasteiger partial charge < -0.3 is 15.4 Å². The summed E-state index contributed by atoms with van der Waals surface area (Å²) < 4.78 is 61.1. The van der Waals surface area contributed by atoms with E-state index >= 15 is 4.39 Å². The normalized spacial score (nSPS) is 17.0. The molecule has 176 valence electrons. The van der Waals surface area contributed by atoms with Crippen molar-refractivity contribution in [1.29, 1.82) is 0 Å². The predicted molar refractivity (Wildman–Crippen MR) is 116 cm³/mol. The van der Waals surface area contributed by atoms with Gasteiger partial charge in [-0.05, 0) is 30.7 Å². The van der Waals surface area contributed by atoms with E-state index in [0.29, 0.717) is 22.4 Å². The van der Waals surface area contributed by atoms with Gasteiger partial charge in [0.25, 0.3) is 5.91 Å². The molecule has 0 radical (unpaired) electrons. The molecule has 2 aromatic heterocycles. The van der Waals surface area contributed by atoms with E-state index in [-0.39, 0.29) is 36.7 Å². The second-order valence-corrected chi connectivity index (χ2v) is 8.05. The van der Waals surface area contributed by atoms with Crippen molar-refractivity contribution in [3.8, 4) is 0 Å². The maximum absolute atomic E-state index is 15.1. The fraction of sp³-hybridized carbons (Fsp3) is 0.261. The topological polar surface area (TPSA) is 85.8 Å². The third-order valence-electron chi connectivity index (χ3n) is 5.99.